The number of nitrogens with two attached hydrogens (primary N) is 1. The number of ether oxygens (including phenoxy) is 1. The summed E-state index contributed by atoms with van der Waals surface area (Å²) in [6.07, 6.45) is 1.45. The Hall–Kier alpha value is -0.420. The van der Waals surface area contributed by atoms with E-state index in [2.05, 4.69) is 30.9 Å². The Bertz CT molecular complexity index is 353. The highest BCUT2D eigenvalue weighted by Crippen LogP contribution is 2.28. The third kappa shape index (κ3) is 3.07. The van der Waals surface area contributed by atoms with E-state index in [4.69, 9.17) is 10.5 Å². The summed E-state index contributed by atoms with van der Waals surface area (Å²) < 4.78 is 5.71. The molecule has 1 aromatic heterocycles. The van der Waals surface area contributed by atoms with Gasteiger partial charge in [-0.3, -0.25) is 4.90 Å². The summed E-state index contributed by atoms with van der Waals surface area (Å²) in [6, 6.07) is 4.76. The molecule has 0 aliphatic carbocycles. The van der Waals surface area contributed by atoms with E-state index < -0.39 is 0 Å². The first kappa shape index (κ1) is 13.0. The van der Waals surface area contributed by atoms with Gasteiger partial charge in [0, 0.05) is 29.4 Å². The van der Waals surface area contributed by atoms with Crippen LogP contribution < -0.4 is 5.73 Å². The molecule has 0 radical (unpaired) electrons. The fourth-order valence-corrected chi connectivity index (χ4v) is 3.38. The SMILES string of the molecule is CCC1CN(C(CN)c2ccc(C)s2)CCO1. The Kier molecular flexibility index (Phi) is 4.56. The van der Waals surface area contributed by atoms with E-state index in [-0.39, 0.29) is 0 Å². The number of thiophene rings is 1. The second-order valence-corrected chi connectivity index (χ2v) is 5.92. The lowest BCUT2D eigenvalue weighted by atomic mass is 10.1. The van der Waals surface area contributed by atoms with Gasteiger partial charge in [0.1, 0.15) is 0 Å². The smallest absolute Gasteiger partial charge is 0.0700 e. The lowest BCUT2D eigenvalue weighted by Gasteiger charge is -2.37. The molecule has 2 unspecified atom stereocenters. The molecule has 1 fully saturated rings. The molecular formula is C13H22N2OS. The summed E-state index contributed by atoms with van der Waals surface area (Å²) >= 11 is 1.86. The Balaban J connectivity index is 2.07. The molecular weight excluding hydrogens is 232 g/mol. The quantitative estimate of drug-likeness (QED) is 0.895. The first-order chi connectivity index (χ1) is 8.24. The summed E-state index contributed by atoms with van der Waals surface area (Å²) in [4.78, 5) is 5.23. The second kappa shape index (κ2) is 5.96. The molecule has 0 amide bonds. The molecule has 1 aliphatic rings. The average molecular weight is 254 g/mol. The molecule has 96 valence electrons. The van der Waals surface area contributed by atoms with Gasteiger partial charge in [0.15, 0.2) is 0 Å². The molecule has 3 nitrogen and oxygen atoms in total. The maximum atomic E-state index is 5.96. The van der Waals surface area contributed by atoms with E-state index in [9.17, 15) is 0 Å². The highest BCUT2D eigenvalue weighted by molar-refractivity contribution is 7.12. The van der Waals surface area contributed by atoms with E-state index in [0.717, 1.165) is 26.1 Å². The van der Waals surface area contributed by atoms with Crippen LogP contribution >= 0.6 is 11.3 Å². The van der Waals surface area contributed by atoms with Crippen LogP contribution in [0.3, 0.4) is 0 Å². The first-order valence-electron chi connectivity index (χ1n) is 6.36. The van der Waals surface area contributed by atoms with Crippen molar-refractivity contribution in [3.63, 3.8) is 0 Å². The van der Waals surface area contributed by atoms with Crippen LogP contribution in [0.2, 0.25) is 0 Å². The molecule has 2 rings (SSSR count). The zero-order valence-electron chi connectivity index (χ0n) is 10.7. The molecule has 0 saturated carbocycles. The van der Waals surface area contributed by atoms with Gasteiger partial charge in [0.2, 0.25) is 0 Å². The molecule has 0 spiro atoms. The number of hydrogen-bond donors (Lipinski definition) is 1. The maximum absolute atomic E-state index is 5.96. The van der Waals surface area contributed by atoms with Crippen molar-refractivity contribution in [2.45, 2.75) is 32.4 Å². The molecule has 1 aromatic rings. The molecule has 0 aromatic carbocycles. The monoisotopic (exact) mass is 254 g/mol. The van der Waals surface area contributed by atoms with E-state index >= 15 is 0 Å². The van der Waals surface area contributed by atoms with Crippen molar-refractivity contribution in [1.82, 2.24) is 4.90 Å². The summed E-state index contributed by atoms with van der Waals surface area (Å²) in [5.74, 6) is 0. The van der Waals surface area contributed by atoms with Crippen molar-refractivity contribution >= 4 is 11.3 Å². The van der Waals surface area contributed by atoms with Crippen LogP contribution in [0.4, 0.5) is 0 Å². The van der Waals surface area contributed by atoms with Crippen LogP contribution in [-0.4, -0.2) is 37.2 Å². The van der Waals surface area contributed by atoms with E-state index in [1.165, 1.54) is 9.75 Å². The van der Waals surface area contributed by atoms with Crippen LogP contribution in [0.5, 0.6) is 0 Å². The minimum atomic E-state index is 0.367. The summed E-state index contributed by atoms with van der Waals surface area (Å²) in [7, 11) is 0. The highest BCUT2D eigenvalue weighted by atomic mass is 32.1. The fourth-order valence-electron chi connectivity index (χ4n) is 2.35. The standard InChI is InChI=1S/C13H22N2OS/c1-3-11-9-15(6-7-16-11)12(8-14)13-5-4-10(2)17-13/h4-5,11-12H,3,6-9,14H2,1-2H3. The van der Waals surface area contributed by atoms with Gasteiger partial charge in [-0.1, -0.05) is 6.92 Å². The number of aryl methyl sites for hydroxylation is 1. The second-order valence-electron chi connectivity index (χ2n) is 4.60. The zero-order valence-corrected chi connectivity index (χ0v) is 11.5. The molecule has 17 heavy (non-hydrogen) atoms. The fraction of sp³-hybridized carbons (Fsp3) is 0.692. The first-order valence-corrected chi connectivity index (χ1v) is 7.18. The van der Waals surface area contributed by atoms with Gasteiger partial charge in [-0.15, -0.1) is 11.3 Å². The molecule has 4 heteroatoms. The van der Waals surface area contributed by atoms with Crippen LogP contribution in [0, 0.1) is 6.92 Å². The zero-order chi connectivity index (χ0) is 12.3. The lowest BCUT2D eigenvalue weighted by molar-refractivity contribution is -0.0432. The Labute approximate surface area is 108 Å². The van der Waals surface area contributed by atoms with Crippen molar-refractivity contribution in [2.75, 3.05) is 26.2 Å². The van der Waals surface area contributed by atoms with Crippen LogP contribution in [0.1, 0.15) is 29.1 Å². The predicted molar refractivity (Wildman–Crippen MR) is 72.5 cm³/mol. The van der Waals surface area contributed by atoms with E-state index in [1.54, 1.807) is 0 Å². The highest BCUT2D eigenvalue weighted by Gasteiger charge is 2.26. The maximum Gasteiger partial charge on any atom is 0.0700 e. The summed E-state index contributed by atoms with van der Waals surface area (Å²) in [6.45, 7) is 7.86. The third-order valence-electron chi connectivity index (χ3n) is 3.38. The molecule has 2 N–H and O–H groups in total. The average Bonchev–Trinajstić information content (AvgIpc) is 2.77. The topological polar surface area (TPSA) is 38.5 Å². The van der Waals surface area contributed by atoms with Crippen molar-refractivity contribution in [3.05, 3.63) is 21.9 Å². The van der Waals surface area contributed by atoms with Gasteiger partial charge in [0.05, 0.1) is 18.8 Å². The number of morpholine rings is 1. The minimum absolute atomic E-state index is 0.367. The van der Waals surface area contributed by atoms with Gasteiger partial charge in [-0.05, 0) is 25.5 Å². The summed E-state index contributed by atoms with van der Waals surface area (Å²) in [5.41, 5.74) is 5.96. The molecule has 1 saturated heterocycles. The number of rotatable bonds is 4. The van der Waals surface area contributed by atoms with Crippen molar-refractivity contribution < 1.29 is 4.74 Å². The Morgan fingerprint density at radius 1 is 1.59 bits per heavy atom. The number of hydrogen-bond acceptors (Lipinski definition) is 4. The van der Waals surface area contributed by atoms with Gasteiger partial charge in [-0.2, -0.15) is 0 Å². The lowest BCUT2D eigenvalue weighted by Crippen LogP contribution is -2.45. The Morgan fingerprint density at radius 3 is 3.00 bits per heavy atom. The molecule has 0 bridgehead atoms. The van der Waals surface area contributed by atoms with Crippen molar-refractivity contribution in [2.24, 2.45) is 5.73 Å². The normalized spacial score (nSPS) is 23.8. The van der Waals surface area contributed by atoms with Gasteiger partial charge < -0.3 is 10.5 Å². The molecule has 2 atom stereocenters. The Morgan fingerprint density at radius 2 is 2.41 bits per heavy atom. The predicted octanol–water partition coefficient (Wildman–Crippen LogP) is 2.17. The van der Waals surface area contributed by atoms with E-state index in [1.807, 2.05) is 11.3 Å². The van der Waals surface area contributed by atoms with Gasteiger partial charge in [-0.25, -0.2) is 0 Å². The van der Waals surface area contributed by atoms with Crippen LogP contribution in [0.15, 0.2) is 12.1 Å². The molecule has 1 aliphatic heterocycles. The number of nitrogens with zero attached hydrogens (tertiary/aromatic N) is 1. The van der Waals surface area contributed by atoms with Crippen molar-refractivity contribution in [3.8, 4) is 0 Å². The van der Waals surface area contributed by atoms with Gasteiger partial charge >= 0.3 is 0 Å². The third-order valence-corrected chi connectivity index (χ3v) is 4.48. The van der Waals surface area contributed by atoms with Crippen LogP contribution in [0.25, 0.3) is 0 Å². The van der Waals surface area contributed by atoms with Crippen molar-refractivity contribution in [1.29, 1.82) is 0 Å². The summed E-state index contributed by atoms with van der Waals surface area (Å²) in [5, 5.41) is 0. The van der Waals surface area contributed by atoms with Gasteiger partial charge in [0.25, 0.3) is 0 Å². The largest absolute Gasteiger partial charge is 0.376 e. The minimum Gasteiger partial charge on any atom is -0.376 e. The molecule has 2 heterocycles. The van der Waals surface area contributed by atoms with E-state index in [0.29, 0.717) is 18.7 Å². The van der Waals surface area contributed by atoms with Crippen LogP contribution in [-0.2, 0) is 4.74 Å².